The molecule has 1 fully saturated rings. The van der Waals surface area contributed by atoms with Crippen molar-refractivity contribution in [1.82, 2.24) is 0 Å². The van der Waals surface area contributed by atoms with E-state index in [1.165, 1.54) is 29.4 Å². The molecule has 0 aliphatic carbocycles. The first kappa shape index (κ1) is 20.5. The van der Waals surface area contributed by atoms with Crippen LogP contribution >= 0.6 is 34.5 Å². The van der Waals surface area contributed by atoms with Crippen molar-refractivity contribution in [3.63, 3.8) is 0 Å². The van der Waals surface area contributed by atoms with Gasteiger partial charge in [0.05, 0.1) is 17.7 Å². The van der Waals surface area contributed by atoms with Crippen molar-refractivity contribution < 1.29 is 19.4 Å². The summed E-state index contributed by atoms with van der Waals surface area (Å²) in [6, 6.07) is 14.2. The molecule has 2 aromatic carbocycles. The van der Waals surface area contributed by atoms with Crippen LogP contribution in [0.15, 0.2) is 65.6 Å². The second-order valence-corrected chi connectivity index (χ2v) is 8.34. The molecule has 1 aromatic heterocycles. The summed E-state index contributed by atoms with van der Waals surface area (Å²) < 4.78 is 5.14. The average Bonchev–Trinajstić information content (AvgIpc) is 3.34. The molecule has 5 nitrogen and oxygen atoms in total. The van der Waals surface area contributed by atoms with Crippen LogP contribution in [0.2, 0.25) is 10.0 Å². The number of aliphatic hydroxyl groups is 1. The Kier molecular flexibility index (Phi) is 5.56. The second-order valence-electron chi connectivity index (χ2n) is 6.51. The number of ketones is 1. The van der Waals surface area contributed by atoms with Crippen LogP contribution in [0.5, 0.6) is 5.75 Å². The quantitative estimate of drug-likeness (QED) is 0.309. The highest BCUT2D eigenvalue weighted by Gasteiger charge is 2.47. The topological polar surface area (TPSA) is 66.8 Å². The molecule has 1 unspecified atom stereocenters. The molecular formula is C22H15Cl2NO4S. The largest absolute Gasteiger partial charge is 0.507 e. The van der Waals surface area contributed by atoms with Crippen LogP contribution in [0.4, 0.5) is 5.69 Å². The molecular weight excluding hydrogens is 445 g/mol. The van der Waals surface area contributed by atoms with Gasteiger partial charge in [-0.25, -0.2) is 0 Å². The zero-order chi connectivity index (χ0) is 21.4. The molecule has 3 aromatic rings. The highest BCUT2D eigenvalue weighted by Crippen LogP contribution is 2.44. The number of anilines is 1. The third-order valence-electron chi connectivity index (χ3n) is 4.77. The lowest BCUT2D eigenvalue weighted by molar-refractivity contribution is -0.132. The molecule has 1 amide bonds. The number of amides is 1. The maximum absolute atomic E-state index is 13.0. The lowest BCUT2D eigenvalue weighted by Crippen LogP contribution is -2.29. The monoisotopic (exact) mass is 459 g/mol. The van der Waals surface area contributed by atoms with Gasteiger partial charge in [0.1, 0.15) is 17.6 Å². The van der Waals surface area contributed by atoms with Gasteiger partial charge in [0, 0.05) is 21.2 Å². The molecule has 1 atom stereocenters. The number of carbonyl (C=O) groups excluding carboxylic acids is 2. The summed E-state index contributed by atoms with van der Waals surface area (Å²) >= 11 is 13.7. The predicted octanol–water partition coefficient (Wildman–Crippen LogP) is 5.69. The molecule has 0 bridgehead atoms. The zero-order valence-electron chi connectivity index (χ0n) is 15.6. The minimum Gasteiger partial charge on any atom is -0.507 e. The van der Waals surface area contributed by atoms with Crippen molar-refractivity contribution in [2.75, 3.05) is 12.0 Å². The molecule has 152 valence electrons. The number of carbonyl (C=O) groups is 2. The standard InChI is InChI=1S/C22H15Cl2NO4S/c1-29-16-8-7-12(10-15(16)24)20(26)18-19(17-6-3-9-30-17)25(22(28)21(18)27)14-5-2-4-13(23)11-14/h2-11,19,26H,1H3/b20-18-. The number of nitrogens with zero attached hydrogens (tertiary/aromatic N) is 1. The van der Waals surface area contributed by atoms with E-state index in [1.807, 2.05) is 17.5 Å². The summed E-state index contributed by atoms with van der Waals surface area (Å²) in [6.07, 6.45) is 0. The summed E-state index contributed by atoms with van der Waals surface area (Å²) in [5.41, 5.74) is 0.768. The van der Waals surface area contributed by atoms with Gasteiger partial charge in [-0.1, -0.05) is 35.3 Å². The Morgan fingerprint density at radius 3 is 2.53 bits per heavy atom. The molecule has 0 saturated carbocycles. The van der Waals surface area contributed by atoms with E-state index in [4.69, 9.17) is 27.9 Å². The fraction of sp³-hybridized carbons (Fsp3) is 0.0909. The van der Waals surface area contributed by atoms with E-state index in [-0.39, 0.29) is 16.4 Å². The second kappa shape index (κ2) is 8.14. The average molecular weight is 460 g/mol. The Labute approximate surface area is 186 Å². The zero-order valence-corrected chi connectivity index (χ0v) is 18.0. The third-order valence-corrected chi connectivity index (χ3v) is 6.22. The maximum Gasteiger partial charge on any atom is 0.300 e. The highest BCUT2D eigenvalue weighted by molar-refractivity contribution is 7.10. The number of ether oxygens (including phenoxy) is 1. The fourth-order valence-electron chi connectivity index (χ4n) is 3.41. The summed E-state index contributed by atoms with van der Waals surface area (Å²) in [5.74, 6) is -1.39. The van der Waals surface area contributed by atoms with Crippen LogP contribution < -0.4 is 9.64 Å². The van der Waals surface area contributed by atoms with Gasteiger partial charge in [0.25, 0.3) is 11.7 Å². The Morgan fingerprint density at radius 1 is 1.10 bits per heavy atom. The first-order chi connectivity index (χ1) is 14.4. The Bertz CT molecular complexity index is 1170. The third kappa shape index (κ3) is 3.47. The summed E-state index contributed by atoms with van der Waals surface area (Å²) in [6.45, 7) is 0. The highest BCUT2D eigenvalue weighted by atomic mass is 35.5. The van der Waals surface area contributed by atoms with Crippen molar-refractivity contribution >= 4 is 57.7 Å². The fourth-order valence-corrected chi connectivity index (χ4v) is 4.68. The van der Waals surface area contributed by atoms with Gasteiger partial charge in [0.2, 0.25) is 0 Å². The Morgan fingerprint density at radius 2 is 1.90 bits per heavy atom. The van der Waals surface area contributed by atoms with Crippen LogP contribution in [0, 0.1) is 0 Å². The van der Waals surface area contributed by atoms with E-state index >= 15 is 0 Å². The first-order valence-corrected chi connectivity index (χ1v) is 10.5. The van der Waals surface area contributed by atoms with Crippen molar-refractivity contribution in [3.8, 4) is 5.75 Å². The number of hydrogen-bond acceptors (Lipinski definition) is 5. The lowest BCUT2D eigenvalue weighted by Gasteiger charge is -2.24. The normalized spacial score (nSPS) is 18.1. The van der Waals surface area contributed by atoms with Crippen LogP contribution in [0.1, 0.15) is 16.5 Å². The molecule has 4 rings (SSSR count). The van der Waals surface area contributed by atoms with E-state index in [2.05, 4.69) is 0 Å². The SMILES string of the molecule is COc1ccc(/C(O)=C2/C(=O)C(=O)N(c3cccc(Cl)c3)C2c2cccs2)cc1Cl. The minimum absolute atomic E-state index is 0.0105. The maximum atomic E-state index is 13.0. The molecule has 1 N–H and O–H groups in total. The minimum atomic E-state index is -0.788. The first-order valence-electron chi connectivity index (χ1n) is 8.86. The predicted molar refractivity (Wildman–Crippen MR) is 119 cm³/mol. The summed E-state index contributed by atoms with van der Waals surface area (Å²) in [5, 5.41) is 13.6. The number of thiophene rings is 1. The summed E-state index contributed by atoms with van der Waals surface area (Å²) in [7, 11) is 1.48. The Hall–Kier alpha value is -2.80. The van der Waals surface area contributed by atoms with Crippen LogP contribution in [0.3, 0.4) is 0 Å². The van der Waals surface area contributed by atoms with Crippen LogP contribution in [-0.4, -0.2) is 23.9 Å². The molecule has 0 spiro atoms. The van der Waals surface area contributed by atoms with Gasteiger partial charge in [-0.05, 0) is 47.8 Å². The number of aliphatic hydroxyl groups excluding tert-OH is 1. The number of Topliss-reactive ketones (excluding diaryl/α,β-unsaturated/α-hetero) is 1. The van der Waals surface area contributed by atoms with Crippen LogP contribution in [-0.2, 0) is 9.59 Å². The number of hydrogen-bond donors (Lipinski definition) is 1. The van der Waals surface area contributed by atoms with Gasteiger partial charge in [-0.15, -0.1) is 11.3 Å². The lowest BCUT2D eigenvalue weighted by atomic mass is 9.99. The van der Waals surface area contributed by atoms with E-state index in [1.54, 1.807) is 36.4 Å². The van der Waals surface area contributed by atoms with Gasteiger partial charge < -0.3 is 9.84 Å². The molecule has 30 heavy (non-hydrogen) atoms. The van der Waals surface area contributed by atoms with Crippen LogP contribution in [0.25, 0.3) is 5.76 Å². The van der Waals surface area contributed by atoms with E-state index in [0.29, 0.717) is 22.0 Å². The summed E-state index contributed by atoms with van der Waals surface area (Å²) in [4.78, 5) is 28.1. The van der Waals surface area contributed by atoms with Gasteiger partial charge >= 0.3 is 0 Å². The molecule has 1 saturated heterocycles. The van der Waals surface area contributed by atoms with E-state index < -0.39 is 17.7 Å². The number of halogens is 2. The molecule has 2 heterocycles. The van der Waals surface area contributed by atoms with E-state index in [0.717, 1.165) is 4.88 Å². The van der Waals surface area contributed by atoms with Crippen molar-refractivity contribution in [1.29, 1.82) is 0 Å². The van der Waals surface area contributed by atoms with Crippen molar-refractivity contribution in [2.24, 2.45) is 0 Å². The molecule has 1 aliphatic rings. The van der Waals surface area contributed by atoms with Gasteiger partial charge in [-0.3, -0.25) is 14.5 Å². The van der Waals surface area contributed by atoms with Crippen molar-refractivity contribution in [2.45, 2.75) is 6.04 Å². The molecule has 1 aliphatic heterocycles. The Balaban J connectivity index is 1.92. The van der Waals surface area contributed by atoms with Gasteiger partial charge in [-0.2, -0.15) is 0 Å². The smallest absolute Gasteiger partial charge is 0.300 e. The molecule has 0 radical (unpaired) electrons. The van der Waals surface area contributed by atoms with E-state index in [9.17, 15) is 14.7 Å². The number of benzene rings is 2. The number of rotatable bonds is 4. The molecule has 8 heteroatoms. The van der Waals surface area contributed by atoms with Crippen molar-refractivity contribution in [3.05, 3.63) is 86.0 Å². The number of methoxy groups -OCH3 is 1. The van der Waals surface area contributed by atoms with Gasteiger partial charge in [0.15, 0.2) is 0 Å².